The Hall–Kier alpha value is -2.67. The molecule has 0 spiro atoms. The molecule has 0 aliphatic rings. The Labute approximate surface area is 127 Å². The van der Waals surface area contributed by atoms with E-state index in [1.54, 1.807) is 47.5 Å². The number of rotatable bonds is 4. The van der Waals surface area contributed by atoms with Gasteiger partial charge in [-0.25, -0.2) is 5.48 Å². The Morgan fingerprint density at radius 2 is 2.00 bits per heavy atom. The van der Waals surface area contributed by atoms with Crippen molar-refractivity contribution < 1.29 is 14.8 Å². The van der Waals surface area contributed by atoms with Crippen LogP contribution in [0, 0.1) is 6.92 Å². The summed E-state index contributed by atoms with van der Waals surface area (Å²) in [5, 5.41) is 15.6. The lowest BCUT2D eigenvalue weighted by molar-refractivity contribution is 0.0706. The number of amides is 2. The average Bonchev–Trinajstić information content (AvgIpc) is 2.86. The van der Waals surface area contributed by atoms with Crippen molar-refractivity contribution in [2.75, 3.05) is 0 Å². The molecule has 0 aliphatic carbocycles. The molecule has 0 bridgehead atoms. The molecule has 0 fully saturated rings. The summed E-state index contributed by atoms with van der Waals surface area (Å²) in [7, 11) is 1.77. The highest BCUT2D eigenvalue weighted by atomic mass is 16.5. The molecule has 2 amide bonds. The molecule has 1 unspecified atom stereocenters. The number of hydroxylamine groups is 1. The zero-order chi connectivity index (χ0) is 16.3. The van der Waals surface area contributed by atoms with Crippen LogP contribution in [0.25, 0.3) is 0 Å². The predicted octanol–water partition coefficient (Wildman–Crippen LogP) is 1.34. The summed E-state index contributed by atoms with van der Waals surface area (Å²) in [5.74, 6) is -0.881. The maximum Gasteiger partial charge on any atom is 0.274 e. The Bertz CT molecular complexity index is 689. The average molecular weight is 302 g/mol. The molecule has 1 aromatic heterocycles. The molecule has 3 N–H and O–H groups in total. The van der Waals surface area contributed by atoms with E-state index in [1.165, 1.54) is 0 Å². The molecule has 7 nitrogen and oxygen atoms in total. The molecule has 1 atom stereocenters. The van der Waals surface area contributed by atoms with Gasteiger partial charge in [0.25, 0.3) is 11.8 Å². The van der Waals surface area contributed by atoms with Crippen molar-refractivity contribution >= 4 is 11.8 Å². The molecule has 22 heavy (non-hydrogen) atoms. The number of hydrogen-bond donors (Lipinski definition) is 3. The third-order valence-electron chi connectivity index (χ3n) is 3.44. The molecule has 7 heteroatoms. The molecule has 0 saturated carbocycles. The van der Waals surface area contributed by atoms with Crippen LogP contribution in [0.1, 0.15) is 45.1 Å². The van der Waals surface area contributed by atoms with Gasteiger partial charge in [-0.15, -0.1) is 0 Å². The van der Waals surface area contributed by atoms with Crippen LogP contribution in [-0.4, -0.2) is 26.8 Å². The number of benzene rings is 1. The minimum absolute atomic E-state index is 0.284. The number of aryl methyl sites for hydroxylation is 2. The fourth-order valence-electron chi connectivity index (χ4n) is 2.04. The lowest BCUT2D eigenvalue weighted by Gasteiger charge is -2.14. The van der Waals surface area contributed by atoms with E-state index in [0.717, 1.165) is 11.3 Å². The summed E-state index contributed by atoms with van der Waals surface area (Å²) in [6.07, 6.45) is 0. The van der Waals surface area contributed by atoms with Crippen LogP contribution in [-0.2, 0) is 7.05 Å². The Balaban J connectivity index is 2.13. The summed E-state index contributed by atoms with van der Waals surface area (Å²) in [6, 6.07) is 8.07. The van der Waals surface area contributed by atoms with Crippen LogP contribution in [0.4, 0.5) is 0 Å². The first-order chi connectivity index (χ1) is 10.4. The van der Waals surface area contributed by atoms with Crippen LogP contribution < -0.4 is 10.8 Å². The Morgan fingerprint density at radius 3 is 2.59 bits per heavy atom. The number of hydrogen-bond acceptors (Lipinski definition) is 4. The number of carbonyl (C=O) groups is 2. The van der Waals surface area contributed by atoms with Crippen molar-refractivity contribution in [3.05, 3.63) is 52.8 Å². The summed E-state index contributed by atoms with van der Waals surface area (Å²) in [4.78, 5) is 23.6. The number of nitrogens with one attached hydrogen (secondary N) is 2. The van der Waals surface area contributed by atoms with Gasteiger partial charge < -0.3 is 5.32 Å². The van der Waals surface area contributed by atoms with Crippen molar-refractivity contribution in [1.29, 1.82) is 0 Å². The molecule has 2 rings (SSSR count). The summed E-state index contributed by atoms with van der Waals surface area (Å²) in [6.45, 7) is 3.67. The first kappa shape index (κ1) is 15.7. The number of nitrogens with zero attached hydrogens (tertiary/aromatic N) is 2. The first-order valence-electron chi connectivity index (χ1n) is 6.78. The van der Waals surface area contributed by atoms with Gasteiger partial charge in [-0.05, 0) is 37.6 Å². The predicted molar refractivity (Wildman–Crippen MR) is 79.5 cm³/mol. The van der Waals surface area contributed by atoms with E-state index in [2.05, 4.69) is 10.4 Å². The smallest absolute Gasteiger partial charge is 0.274 e. The van der Waals surface area contributed by atoms with Crippen LogP contribution in [0.5, 0.6) is 0 Å². The number of carbonyl (C=O) groups excluding carboxylic acids is 2. The topological polar surface area (TPSA) is 96.2 Å². The highest BCUT2D eigenvalue weighted by Crippen LogP contribution is 2.15. The quantitative estimate of drug-likeness (QED) is 0.586. The molecule has 2 aromatic rings. The van der Waals surface area contributed by atoms with E-state index < -0.39 is 5.91 Å². The molecule has 0 radical (unpaired) electrons. The maximum absolute atomic E-state index is 12.2. The lowest BCUT2D eigenvalue weighted by Crippen LogP contribution is -2.27. The second kappa shape index (κ2) is 6.40. The molecular weight excluding hydrogens is 284 g/mol. The van der Waals surface area contributed by atoms with E-state index in [0.29, 0.717) is 11.3 Å². The molecule has 0 saturated heterocycles. The SMILES string of the molecule is Cc1cc(C(=O)NC(C)c2cccc(C(=O)NO)c2)nn1C. The van der Waals surface area contributed by atoms with Crippen molar-refractivity contribution in [3.8, 4) is 0 Å². The minimum atomic E-state index is -0.597. The van der Waals surface area contributed by atoms with Crippen molar-refractivity contribution in [3.63, 3.8) is 0 Å². The van der Waals surface area contributed by atoms with Crippen molar-refractivity contribution in [1.82, 2.24) is 20.6 Å². The van der Waals surface area contributed by atoms with Gasteiger partial charge >= 0.3 is 0 Å². The van der Waals surface area contributed by atoms with E-state index in [-0.39, 0.29) is 11.9 Å². The first-order valence-corrected chi connectivity index (χ1v) is 6.78. The molecule has 116 valence electrons. The summed E-state index contributed by atoms with van der Waals surface area (Å²) in [5.41, 5.74) is 3.88. The van der Waals surface area contributed by atoms with Crippen LogP contribution in [0.15, 0.2) is 30.3 Å². The van der Waals surface area contributed by atoms with E-state index in [1.807, 2.05) is 13.8 Å². The van der Waals surface area contributed by atoms with E-state index >= 15 is 0 Å². The van der Waals surface area contributed by atoms with Gasteiger partial charge in [0.2, 0.25) is 0 Å². The standard InChI is InChI=1S/C15H18N4O3/c1-9-7-13(17-19(9)3)15(21)16-10(2)11-5-4-6-12(8-11)14(20)18-22/h4-8,10,22H,1-3H3,(H,16,21)(H,18,20). The normalized spacial score (nSPS) is 11.8. The highest BCUT2D eigenvalue weighted by Gasteiger charge is 2.15. The van der Waals surface area contributed by atoms with Crippen molar-refractivity contribution in [2.24, 2.45) is 7.05 Å². The fourth-order valence-corrected chi connectivity index (χ4v) is 2.04. The minimum Gasteiger partial charge on any atom is -0.344 e. The molecule has 1 heterocycles. The van der Waals surface area contributed by atoms with E-state index in [4.69, 9.17) is 5.21 Å². The largest absolute Gasteiger partial charge is 0.344 e. The van der Waals surface area contributed by atoms with Gasteiger partial charge in [0.15, 0.2) is 0 Å². The summed E-state index contributed by atoms with van der Waals surface area (Å²) >= 11 is 0. The Morgan fingerprint density at radius 1 is 1.27 bits per heavy atom. The third kappa shape index (κ3) is 3.32. The summed E-state index contributed by atoms with van der Waals surface area (Å²) < 4.78 is 1.63. The zero-order valence-corrected chi connectivity index (χ0v) is 12.6. The highest BCUT2D eigenvalue weighted by molar-refractivity contribution is 5.94. The van der Waals surface area contributed by atoms with Gasteiger partial charge in [0.05, 0.1) is 6.04 Å². The monoisotopic (exact) mass is 302 g/mol. The van der Waals surface area contributed by atoms with Gasteiger partial charge in [-0.2, -0.15) is 5.10 Å². The van der Waals surface area contributed by atoms with Crippen LogP contribution in [0.2, 0.25) is 0 Å². The van der Waals surface area contributed by atoms with Gasteiger partial charge in [0.1, 0.15) is 5.69 Å². The second-order valence-electron chi connectivity index (χ2n) is 5.06. The van der Waals surface area contributed by atoms with Gasteiger partial charge in [-0.3, -0.25) is 19.5 Å². The lowest BCUT2D eigenvalue weighted by atomic mass is 10.0. The maximum atomic E-state index is 12.2. The second-order valence-corrected chi connectivity index (χ2v) is 5.06. The fraction of sp³-hybridized carbons (Fsp3) is 0.267. The van der Waals surface area contributed by atoms with E-state index in [9.17, 15) is 9.59 Å². The van der Waals surface area contributed by atoms with Crippen LogP contribution in [0.3, 0.4) is 0 Å². The molecule has 1 aromatic carbocycles. The Kier molecular flexibility index (Phi) is 4.57. The molecular formula is C15H18N4O3. The van der Waals surface area contributed by atoms with Crippen molar-refractivity contribution in [2.45, 2.75) is 19.9 Å². The third-order valence-corrected chi connectivity index (χ3v) is 3.44. The van der Waals surface area contributed by atoms with Crippen LogP contribution >= 0.6 is 0 Å². The van der Waals surface area contributed by atoms with Gasteiger partial charge in [-0.1, -0.05) is 12.1 Å². The number of aromatic nitrogens is 2. The molecule has 0 aliphatic heterocycles. The zero-order valence-electron chi connectivity index (χ0n) is 12.6. The van der Waals surface area contributed by atoms with Gasteiger partial charge in [0, 0.05) is 18.3 Å².